The van der Waals surface area contributed by atoms with Gasteiger partial charge in [-0.3, -0.25) is 0 Å². The van der Waals surface area contributed by atoms with Crippen LogP contribution in [0.3, 0.4) is 0 Å². The molecule has 2 aromatic rings. The summed E-state index contributed by atoms with van der Waals surface area (Å²) in [6.45, 7) is 5.26. The number of imidazole rings is 1. The molecule has 0 aliphatic heterocycles. The number of nitrogens with zero attached hydrogens (tertiary/aromatic N) is 2. The molecule has 1 aromatic carbocycles. The molecule has 16 heavy (non-hydrogen) atoms. The first-order valence-electron chi connectivity index (χ1n) is 5.84. The Labute approximate surface area is 97.0 Å². The standard InChI is InChI=1S/C14H18N2/c1-3-5-14-9-15-11-16(14)10-13-7-4-6-12(2)8-13/h4,6-9,11H,3,5,10H2,1-2H3. The van der Waals surface area contributed by atoms with Crippen molar-refractivity contribution in [3.63, 3.8) is 0 Å². The second-order valence-corrected chi connectivity index (χ2v) is 4.25. The van der Waals surface area contributed by atoms with Crippen molar-refractivity contribution in [2.45, 2.75) is 33.2 Å². The molecule has 0 unspecified atom stereocenters. The molecule has 0 aliphatic rings. The Balaban J connectivity index is 2.17. The van der Waals surface area contributed by atoms with Crippen molar-refractivity contribution < 1.29 is 0 Å². The summed E-state index contributed by atoms with van der Waals surface area (Å²) in [4.78, 5) is 4.22. The first-order chi connectivity index (χ1) is 7.79. The van der Waals surface area contributed by atoms with Gasteiger partial charge in [0.1, 0.15) is 0 Å². The normalized spacial score (nSPS) is 10.6. The molecule has 2 nitrogen and oxygen atoms in total. The van der Waals surface area contributed by atoms with Crippen molar-refractivity contribution in [2.24, 2.45) is 0 Å². The van der Waals surface area contributed by atoms with Gasteiger partial charge in [0, 0.05) is 18.4 Å². The zero-order chi connectivity index (χ0) is 11.4. The fraction of sp³-hybridized carbons (Fsp3) is 0.357. The maximum absolute atomic E-state index is 4.22. The molecule has 1 aromatic heterocycles. The maximum Gasteiger partial charge on any atom is 0.0951 e. The van der Waals surface area contributed by atoms with Gasteiger partial charge in [-0.1, -0.05) is 43.2 Å². The molecule has 0 saturated heterocycles. The van der Waals surface area contributed by atoms with Crippen molar-refractivity contribution in [2.75, 3.05) is 0 Å². The number of aryl methyl sites for hydroxylation is 2. The summed E-state index contributed by atoms with van der Waals surface area (Å²) in [7, 11) is 0. The van der Waals surface area contributed by atoms with Gasteiger partial charge in [-0.05, 0) is 18.9 Å². The molecule has 0 spiro atoms. The van der Waals surface area contributed by atoms with Crippen molar-refractivity contribution in [1.82, 2.24) is 9.55 Å². The molecule has 2 heteroatoms. The van der Waals surface area contributed by atoms with Crippen molar-refractivity contribution in [3.8, 4) is 0 Å². The van der Waals surface area contributed by atoms with Crippen LogP contribution in [0.2, 0.25) is 0 Å². The van der Waals surface area contributed by atoms with Crippen LogP contribution in [0.5, 0.6) is 0 Å². The minimum Gasteiger partial charge on any atom is -0.330 e. The number of hydrogen-bond donors (Lipinski definition) is 0. The van der Waals surface area contributed by atoms with Crippen LogP contribution < -0.4 is 0 Å². The highest BCUT2D eigenvalue weighted by Gasteiger charge is 2.01. The quantitative estimate of drug-likeness (QED) is 0.764. The smallest absolute Gasteiger partial charge is 0.0951 e. The zero-order valence-electron chi connectivity index (χ0n) is 9.98. The maximum atomic E-state index is 4.22. The third-order valence-corrected chi connectivity index (χ3v) is 2.74. The topological polar surface area (TPSA) is 17.8 Å². The SMILES string of the molecule is CCCc1cncn1Cc1cccc(C)c1. The van der Waals surface area contributed by atoms with E-state index in [4.69, 9.17) is 0 Å². The number of benzene rings is 1. The van der Waals surface area contributed by atoms with Gasteiger partial charge in [-0.2, -0.15) is 0 Å². The highest BCUT2D eigenvalue weighted by molar-refractivity contribution is 5.22. The summed E-state index contributed by atoms with van der Waals surface area (Å²) >= 11 is 0. The molecule has 0 fully saturated rings. The van der Waals surface area contributed by atoms with Gasteiger partial charge in [0.15, 0.2) is 0 Å². The van der Waals surface area contributed by atoms with Crippen LogP contribution in [-0.4, -0.2) is 9.55 Å². The van der Waals surface area contributed by atoms with Crippen LogP contribution in [0, 0.1) is 6.92 Å². The lowest BCUT2D eigenvalue weighted by molar-refractivity contribution is 0.722. The van der Waals surface area contributed by atoms with E-state index in [1.165, 1.54) is 23.2 Å². The average molecular weight is 214 g/mol. The molecule has 84 valence electrons. The van der Waals surface area contributed by atoms with E-state index in [0.29, 0.717) is 0 Å². The van der Waals surface area contributed by atoms with E-state index in [1.54, 1.807) is 0 Å². The third kappa shape index (κ3) is 2.51. The minimum absolute atomic E-state index is 0.928. The number of rotatable bonds is 4. The zero-order valence-corrected chi connectivity index (χ0v) is 9.98. The van der Waals surface area contributed by atoms with Crippen LogP contribution >= 0.6 is 0 Å². The van der Waals surface area contributed by atoms with E-state index in [9.17, 15) is 0 Å². The Morgan fingerprint density at radius 1 is 1.31 bits per heavy atom. The lowest BCUT2D eigenvalue weighted by atomic mass is 10.1. The van der Waals surface area contributed by atoms with Crippen molar-refractivity contribution in [1.29, 1.82) is 0 Å². The predicted molar refractivity (Wildman–Crippen MR) is 66.5 cm³/mol. The van der Waals surface area contributed by atoms with E-state index in [2.05, 4.69) is 47.7 Å². The van der Waals surface area contributed by atoms with Gasteiger partial charge < -0.3 is 4.57 Å². The van der Waals surface area contributed by atoms with Crippen LogP contribution in [0.4, 0.5) is 0 Å². The van der Waals surface area contributed by atoms with E-state index in [-0.39, 0.29) is 0 Å². The summed E-state index contributed by atoms with van der Waals surface area (Å²) in [5.41, 5.74) is 3.98. The second kappa shape index (κ2) is 4.97. The summed E-state index contributed by atoms with van der Waals surface area (Å²) < 4.78 is 2.23. The van der Waals surface area contributed by atoms with Crippen LogP contribution in [0.15, 0.2) is 36.8 Å². The first kappa shape index (κ1) is 10.9. The van der Waals surface area contributed by atoms with Crippen molar-refractivity contribution >= 4 is 0 Å². The summed E-state index contributed by atoms with van der Waals surface area (Å²) in [6.07, 6.45) is 6.16. The largest absolute Gasteiger partial charge is 0.330 e. The van der Waals surface area contributed by atoms with E-state index >= 15 is 0 Å². The van der Waals surface area contributed by atoms with E-state index in [0.717, 1.165) is 13.0 Å². The highest BCUT2D eigenvalue weighted by Crippen LogP contribution is 2.09. The average Bonchev–Trinajstić information content (AvgIpc) is 2.66. The Morgan fingerprint density at radius 3 is 2.94 bits per heavy atom. The molecule has 2 rings (SSSR count). The third-order valence-electron chi connectivity index (χ3n) is 2.74. The summed E-state index contributed by atoms with van der Waals surface area (Å²) in [6, 6.07) is 8.64. The fourth-order valence-electron chi connectivity index (χ4n) is 1.96. The summed E-state index contributed by atoms with van der Waals surface area (Å²) in [5.74, 6) is 0. The Morgan fingerprint density at radius 2 is 2.19 bits per heavy atom. The van der Waals surface area contributed by atoms with Crippen LogP contribution in [0.25, 0.3) is 0 Å². The monoisotopic (exact) mass is 214 g/mol. The van der Waals surface area contributed by atoms with Gasteiger partial charge in [-0.25, -0.2) is 4.98 Å². The van der Waals surface area contributed by atoms with Gasteiger partial charge >= 0.3 is 0 Å². The lowest BCUT2D eigenvalue weighted by Crippen LogP contribution is -2.03. The molecular weight excluding hydrogens is 196 g/mol. The molecule has 0 amide bonds. The molecule has 1 heterocycles. The molecule has 0 radical (unpaired) electrons. The van der Waals surface area contributed by atoms with Crippen LogP contribution in [0.1, 0.15) is 30.2 Å². The number of aromatic nitrogens is 2. The molecule has 0 saturated carbocycles. The van der Waals surface area contributed by atoms with Crippen molar-refractivity contribution in [3.05, 3.63) is 53.6 Å². The predicted octanol–water partition coefficient (Wildman–Crippen LogP) is 3.19. The van der Waals surface area contributed by atoms with Crippen LogP contribution in [-0.2, 0) is 13.0 Å². The highest BCUT2D eigenvalue weighted by atomic mass is 15.0. The lowest BCUT2D eigenvalue weighted by Gasteiger charge is -2.08. The Bertz CT molecular complexity index is 457. The number of hydrogen-bond acceptors (Lipinski definition) is 1. The summed E-state index contributed by atoms with van der Waals surface area (Å²) in [5, 5.41) is 0. The van der Waals surface area contributed by atoms with Gasteiger partial charge in [0.05, 0.1) is 6.33 Å². The van der Waals surface area contributed by atoms with Gasteiger partial charge in [-0.15, -0.1) is 0 Å². The van der Waals surface area contributed by atoms with Gasteiger partial charge in [0.2, 0.25) is 0 Å². The molecule has 0 atom stereocenters. The fourth-order valence-corrected chi connectivity index (χ4v) is 1.96. The molecular formula is C14H18N2. The molecule has 0 aliphatic carbocycles. The Kier molecular flexibility index (Phi) is 3.40. The first-order valence-corrected chi connectivity index (χ1v) is 5.84. The minimum atomic E-state index is 0.928. The molecule has 0 N–H and O–H groups in total. The Hall–Kier alpha value is -1.57. The second-order valence-electron chi connectivity index (χ2n) is 4.25. The van der Waals surface area contributed by atoms with E-state index < -0.39 is 0 Å². The molecule has 0 bridgehead atoms. The van der Waals surface area contributed by atoms with E-state index in [1.807, 2.05) is 12.5 Å². The van der Waals surface area contributed by atoms with Gasteiger partial charge in [0.25, 0.3) is 0 Å².